The number of nitrogens with zero attached hydrogens (tertiary/aromatic N) is 2. The molecule has 0 saturated carbocycles. The van der Waals surface area contributed by atoms with Crippen molar-refractivity contribution in [2.24, 2.45) is 0 Å². The van der Waals surface area contributed by atoms with Gasteiger partial charge in [-0.15, -0.1) is 0 Å². The van der Waals surface area contributed by atoms with Crippen molar-refractivity contribution in [1.29, 1.82) is 0 Å². The summed E-state index contributed by atoms with van der Waals surface area (Å²) in [6.45, 7) is 0.380. The van der Waals surface area contributed by atoms with E-state index in [2.05, 4.69) is 4.98 Å². The van der Waals surface area contributed by atoms with Gasteiger partial charge in [-0.05, 0) is 17.7 Å². The van der Waals surface area contributed by atoms with Gasteiger partial charge in [0.05, 0.1) is 6.10 Å². The van der Waals surface area contributed by atoms with Crippen LogP contribution in [0, 0.1) is 0 Å². The third kappa shape index (κ3) is 4.29. The second-order valence-corrected chi connectivity index (χ2v) is 4.91. The summed E-state index contributed by atoms with van der Waals surface area (Å²) in [7, 11) is 1.78. The minimum atomic E-state index is -1.06. The van der Waals surface area contributed by atoms with E-state index in [0.29, 0.717) is 18.8 Å². The van der Waals surface area contributed by atoms with Crippen LogP contribution in [-0.4, -0.2) is 40.9 Å². The number of carboxylic acid groups (broad SMARTS) is 1. The summed E-state index contributed by atoms with van der Waals surface area (Å²) in [5.41, 5.74) is 1.06. The molecule has 0 saturated heterocycles. The third-order valence-corrected chi connectivity index (χ3v) is 3.14. The maximum Gasteiger partial charge on any atom is 0.354 e. The quantitative estimate of drug-likeness (QED) is 0.847. The van der Waals surface area contributed by atoms with Crippen molar-refractivity contribution in [3.05, 3.63) is 59.8 Å². The lowest BCUT2D eigenvalue weighted by Crippen LogP contribution is -2.31. The number of carboxylic acids is 1. The molecule has 21 heavy (non-hydrogen) atoms. The smallest absolute Gasteiger partial charge is 0.354 e. The van der Waals surface area contributed by atoms with Crippen LogP contribution in [0.2, 0.25) is 0 Å². The van der Waals surface area contributed by atoms with Crippen LogP contribution in [0.3, 0.4) is 0 Å². The minimum absolute atomic E-state index is 0.00287. The van der Waals surface area contributed by atoms with Crippen molar-refractivity contribution < 1.29 is 15.0 Å². The monoisotopic (exact) mass is 286 g/mol. The van der Waals surface area contributed by atoms with E-state index < -0.39 is 12.1 Å². The molecule has 2 N–H and O–H groups in total. The minimum Gasteiger partial charge on any atom is -0.477 e. The van der Waals surface area contributed by atoms with Crippen LogP contribution in [0.15, 0.2) is 48.5 Å². The molecule has 1 aromatic heterocycles. The van der Waals surface area contributed by atoms with Crippen LogP contribution in [0.1, 0.15) is 16.1 Å². The van der Waals surface area contributed by atoms with Gasteiger partial charge in [0.25, 0.3) is 0 Å². The normalized spacial score (nSPS) is 11.9. The lowest BCUT2D eigenvalue weighted by molar-refractivity contribution is 0.0690. The van der Waals surface area contributed by atoms with Crippen LogP contribution < -0.4 is 4.90 Å². The lowest BCUT2D eigenvalue weighted by atomic mass is 10.1. The van der Waals surface area contributed by atoms with Gasteiger partial charge in [0.1, 0.15) is 5.82 Å². The van der Waals surface area contributed by atoms with Crippen LogP contribution in [0.5, 0.6) is 0 Å². The Kier molecular flexibility index (Phi) is 4.90. The predicted molar refractivity (Wildman–Crippen MR) is 80.6 cm³/mol. The fourth-order valence-corrected chi connectivity index (χ4v) is 2.12. The summed E-state index contributed by atoms with van der Waals surface area (Å²) in [6.07, 6.45) is -0.00300. The molecule has 1 unspecified atom stereocenters. The van der Waals surface area contributed by atoms with Crippen molar-refractivity contribution in [3.63, 3.8) is 0 Å². The Morgan fingerprint density at radius 1 is 1.19 bits per heavy atom. The molecule has 0 amide bonds. The number of aromatic nitrogens is 1. The van der Waals surface area contributed by atoms with Gasteiger partial charge in [-0.1, -0.05) is 36.4 Å². The zero-order chi connectivity index (χ0) is 15.2. The number of hydrogen-bond donors (Lipinski definition) is 2. The Hall–Kier alpha value is -2.40. The fraction of sp³-hybridized carbons (Fsp3) is 0.250. The molecule has 2 aromatic rings. The Morgan fingerprint density at radius 3 is 2.57 bits per heavy atom. The molecule has 2 rings (SSSR count). The third-order valence-electron chi connectivity index (χ3n) is 3.14. The van der Waals surface area contributed by atoms with Crippen molar-refractivity contribution in [2.45, 2.75) is 12.5 Å². The van der Waals surface area contributed by atoms with Crippen molar-refractivity contribution in [3.8, 4) is 0 Å². The summed E-state index contributed by atoms with van der Waals surface area (Å²) in [5, 5.41) is 19.1. The zero-order valence-electron chi connectivity index (χ0n) is 11.8. The first kappa shape index (κ1) is 15.0. The van der Waals surface area contributed by atoms with E-state index in [-0.39, 0.29) is 5.69 Å². The van der Waals surface area contributed by atoms with E-state index in [0.717, 1.165) is 5.56 Å². The van der Waals surface area contributed by atoms with Gasteiger partial charge in [0.2, 0.25) is 0 Å². The number of benzene rings is 1. The van der Waals surface area contributed by atoms with Gasteiger partial charge >= 0.3 is 5.97 Å². The molecule has 1 heterocycles. The summed E-state index contributed by atoms with van der Waals surface area (Å²) in [5.74, 6) is -0.530. The first-order valence-corrected chi connectivity index (χ1v) is 6.69. The number of aliphatic hydroxyl groups is 1. The van der Waals surface area contributed by atoms with Gasteiger partial charge in [-0.3, -0.25) is 0 Å². The van der Waals surface area contributed by atoms with E-state index in [1.165, 1.54) is 6.07 Å². The van der Waals surface area contributed by atoms with E-state index in [4.69, 9.17) is 5.11 Å². The Morgan fingerprint density at radius 2 is 1.90 bits per heavy atom. The van der Waals surface area contributed by atoms with E-state index in [1.807, 2.05) is 30.3 Å². The summed E-state index contributed by atoms with van der Waals surface area (Å²) >= 11 is 0. The Balaban J connectivity index is 1.99. The molecule has 5 nitrogen and oxygen atoms in total. The highest BCUT2D eigenvalue weighted by Gasteiger charge is 2.12. The van der Waals surface area contributed by atoms with Crippen molar-refractivity contribution in [1.82, 2.24) is 4.98 Å². The number of rotatable bonds is 6. The summed E-state index contributed by atoms with van der Waals surface area (Å²) in [6, 6.07) is 14.5. The number of aromatic carboxylic acids is 1. The molecule has 1 atom stereocenters. The van der Waals surface area contributed by atoms with Crippen molar-refractivity contribution in [2.75, 3.05) is 18.5 Å². The van der Waals surface area contributed by atoms with Crippen LogP contribution in [0.25, 0.3) is 0 Å². The number of likely N-dealkylation sites (N-methyl/N-ethyl adjacent to an activating group) is 1. The molecule has 5 heteroatoms. The van der Waals surface area contributed by atoms with Gasteiger partial charge in [0, 0.05) is 20.0 Å². The fourth-order valence-electron chi connectivity index (χ4n) is 2.12. The average Bonchev–Trinajstić information content (AvgIpc) is 2.48. The molecule has 0 aliphatic heterocycles. The molecule has 110 valence electrons. The highest BCUT2D eigenvalue weighted by atomic mass is 16.4. The molecular weight excluding hydrogens is 268 g/mol. The first-order chi connectivity index (χ1) is 10.1. The number of pyridine rings is 1. The van der Waals surface area contributed by atoms with Crippen LogP contribution >= 0.6 is 0 Å². The SMILES string of the molecule is CN(CC(O)Cc1ccccc1)c1cccc(C(=O)O)n1. The van der Waals surface area contributed by atoms with Crippen molar-refractivity contribution >= 4 is 11.8 Å². The molecule has 0 spiro atoms. The second kappa shape index (κ2) is 6.85. The number of anilines is 1. The topological polar surface area (TPSA) is 73.7 Å². The predicted octanol–water partition coefficient (Wildman–Crippen LogP) is 1.82. The van der Waals surface area contributed by atoms with E-state index in [9.17, 15) is 9.90 Å². The molecule has 0 aliphatic carbocycles. The Bertz CT molecular complexity index is 601. The second-order valence-electron chi connectivity index (χ2n) is 4.91. The lowest BCUT2D eigenvalue weighted by Gasteiger charge is -2.22. The molecular formula is C16H18N2O3. The van der Waals surface area contributed by atoms with Gasteiger partial charge < -0.3 is 15.1 Å². The van der Waals surface area contributed by atoms with Crippen LogP contribution in [0.4, 0.5) is 5.82 Å². The van der Waals surface area contributed by atoms with Gasteiger partial charge in [0.15, 0.2) is 5.69 Å². The van der Waals surface area contributed by atoms with Gasteiger partial charge in [-0.2, -0.15) is 0 Å². The summed E-state index contributed by atoms with van der Waals surface area (Å²) in [4.78, 5) is 16.7. The molecule has 0 fully saturated rings. The Labute approximate surface area is 123 Å². The molecule has 0 radical (unpaired) electrons. The average molecular weight is 286 g/mol. The van der Waals surface area contributed by atoms with Crippen LogP contribution in [-0.2, 0) is 6.42 Å². The number of hydrogen-bond acceptors (Lipinski definition) is 4. The highest BCUT2D eigenvalue weighted by molar-refractivity contribution is 5.85. The molecule has 0 aliphatic rings. The standard InChI is InChI=1S/C16H18N2O3/c1-18(15-9-5-8-14(17-15)16(20)21)11-13(19)10-12-6-3-2-4-7-12/h2-9,13,19H,10-11H2,1H3,(H,20,21). The largest absolute Gasteiger partial charge is 0.477 e. The maximum absolute atomic E-state index is 10.9. The summed E-state index contributed by atoms with van der Waals surface area (Å²) < 4.78 is 0. The van der Waals surface area contributed by atoms with Gasteiger partial charge in [-0.25, -0.2) is 9.78 Å². The highest BCUT2D eigenvalue weighted by Crippen LogP contribution is 2.12. The maximum atomic E-state index is 10.9. The molecule has 0 bridgehead atoms. The van der Waals surface area contributed by atoms with E-state index >= 15 is 0 Å². The number of aliphatic hydroxyl groups excluding tert-OH is 1. The zero-order valence-corrected chi connectivity index (χ0v) is 11.8. The van der Waals surface area contributed by atoms with E-state index in [1.54, 1.807) is 24.1 Å². The first-order valence-electron chi connectivity index (χ1n) is 6.69. The number of carbonyl (C=O) groups is 1. The molecule has 1 aromatic carbocycles.